The molecule has 2 bridgehead atoms. The van der Waals surface area contributed by atoms with E-state index in [1.54, 1.807) is 18.2 Å². The zero-order chi connectivity index (χ0) is 33.9. The SMILES string of the molecule is CC[C@@H]1[C@@H]2CN(C(=O)[C@H](C(C)(C)C)NC(=O)O[C@@H]3C[C@H]3CCCCC3(CC3)C(F)(F)c3nc4ccc(OC)cc4nc3O2)[C@@H]1C(C)=O. The largest absolute Gasteiger partial charge is 0.497 e. The van der Waals surface area contributed by atoms with Crippen LogP contribution in [0.25, 0.3) is 11.0 Å². The molecule has 2 aliphatic heterocycles. The van der Waals surface area contributed by atoms with Crippen molar-refractivity contribution >= 4 is 28.8 Å². The monoisotopic (exact) mass is 656 g/mol. The number of Topliss-reactive ketones (excluding diaryl/α,β-unsaturated/α-hetero) is 1. The summed E-state index contributed by atoms with van der Waals surface area (Å²) in [4.78, 5) is 51.0. The molecule has 0 unspecified atom stereocenters. The van der Waals surface area contributed by atoms with Gasteiger partial charge in [-0.2, -0.15) is 8.78 Å². The topological polar surface area (TPSA) is 120 Å². The fourth-order valence-electron chi connectivity index (χ4n) is 7.58. The molecule has 1 aromatic heterocycles. The second kappa shape index (κ2) is 12.1. The Bertz CT molecular complexity index is 1560. The molecule has 3 heterocycles. The van der Waals surface area contributed by atoms with Crippen molar-refractivity contribution in [2.45, 2.75) is 116 Å². The first-order chi connectivity index (χ1) is 22.2. The molecule has 1 N–H and O–H groups in total. The number of benzene rings is 1. The highest BCUT2D eigenvalue weighted by Gasteiger charge is 2.64. The molecule has 256 valence electrons. The highest BCUT2D eigenvalue weighted by molar-refractivity contribution is 5.92. The standard InChI is InChI=1S/C35H46F2N4O6/c1-7-22-26-18-41(27(22)19(2)42)31(43)29(33(3,4)5)40-32(44)47-25-16-20(25)10-8-9-13-34(14-15-34)35(36,37)28-30(46-26)39-24-17-21(45-6)11-12-23(24)38-28/h11-12,17,20,22,25-27,29H,7-10,13-16,18H2,1-6H3,(H,40,44)/t20-,22-,25-,26+,27-,29-/m1/s1. The Hall–Kier alpha value is -3.57. The van der Waals surface area contributed by atoms with Gasteiger partial charge in [-0.1, -0.05) is 40.5 Å². The molecule has 4 aliphatic rings. The van der Waals surface area contributed by atoms with Gasteiger partial charge in [0.1, 0.15) is 24.0 Å². The average Bonchev–Trinajstić information content (AvgIpc) is 3.93. The van der Waals surface area contributed by atoms with Crippen molar-refractivity contribution < 1.29 is 37.4 Å². The number of aromatic nitrogens is 2. The Morgan fingerprint density at radius 1 is 1.09 bits per heavy atom. The number of hydrogen-bond acceptors (Lipinski definition) is 8. The summed E-state index contributed by atoms with van der Waals surface area (Å²) in [6.07, 6.45) is 2.52. The van der Waals surface area contributed by atoms with Gasteiger partial charge in [-0.25, -0.2) is 14.8 Å². The van der Waals surface area contributed by atoms with Gasteiger partial charge in [-0.15, -0.1) is 0 Å². The van der Waals surface area contributed by atoms with Crippen LogP contribution in [0, 0.1) is 22.7 Å². The average molecular weight is 657 g/mol. The van der Waals surface area contributed by atoms with Gasteiger partial charge in [0.15, 0.2) is 11.5 Å². The molecule has 3 fully saturated rings. The molecule has 1 saturated heterocycles. The number of ketones is 1. The molecular formula is C35H46F2N4O6. The summed E-state index contributed by atoms with van der Waals surface area (Å²) in [5, 5.41) is 2.79. The summed E-state index contributed by atoms with van der Waals surface area (Å²) < 4.78 is 51.1. The van der Waals surface area contributed by atoms with Gasteiger partial charge in [0.25, 0.3) is 0 Å². The molecule has 12 heteroatoms. The van der Waals surface area contributed by atoms with Crippen molar-refractivity contribution in [1.82, 2.24) is 20.2 Å². The van der Waals surface area contributed by atoms with Gasteiger partial charge in [-0.05, 0) is 68.9 Å². The minimum absolute atomic E-state index is 0.0520. The normalized spacial score (nSPS) is 30.5. The van der Waals surface area contributed by atoms with Crippen LogP contribution in [-0.4, -0.2) is 70.6 Å². The van der Waals surface area contributed by atoms with Gasteiger partial charge in [-0.3, -0.25) is 9.59 Å². The third kappa shape index (κ3) is 6.24. The number of fused-ring (bicyclic) bond motifs is 5. The minimum atomic E-state index is -3.33. The van der Waals surface area contributed by atoms with E-state index < -0.39 is 58.6 Å². The van der Waals surface area contributed by atoms with Crippen molar-refractivity contribution in [2.75, 3.05) is 13.7 Å². The first-order valence-corrected chi connectivity index (χ1v) is 16.9. The smallest absolute Gasteiger partial charge is 0.408 e. The van der Waals surface area contributed by atoms with Crippen molar-refractivity contribution in [2.24, 2.45) is 22.7 Å². The third-order valence-corrected chi connectivity index (χ3v) is 10.7. The Morgan fingerprint density at radius 3 is 2.47 bits per heavy atom. The number of carbonyl (C=O) groups is 3. The van der Waals surface area contributed by atoms with Crippen LogP contribution in [-0.2, 0) is 20.2 Å². The lowest BCUT2D eigenvalue weighted by Crippen LogP contribution is -2.57. The maximum Gasteiger partial charge on any atom is 0.408 e. The number of ether oxygens (including phenoxy) is 3. The van der Waals surface area contributed by atoms with Crippen LogP contribution in [0.15, 0.2) is 18.2 Å². The van der Waals surface area contributed by atoms with Gasteiger partial charge in [0.05, 0.1) is 30.7 Å². The zero-order valence-electron chi connectivity index (χ0n) is 28.1. The number of rotatable bonds is 3. The maximum atomic E-state index is 16.8. The number of alkyl carbamates (subject to hydrolysis) is 1. The van der Waals surface area contributed by atoms with Gasteiger partial charge < -0.3 is 24.4 Å². The van der Waals surface area contributed by atoms with Crippen LogP contribution < -0.4 is 14.8 Å². The number of alkyl halides is 2. The maximum absolute atomic E-state index is 16.8. The number of amides is 2. The fraction of sp³-hybridized carbons (Fsp3) is 0.686. The van der Waals surface area contributed by atoms with E-state index >= 15 is 8.78 Å². The lowest BCUT2D eigenvalue weighted by molar-refractivity contribution is -0.141. The van der Waals surface area contributed by atoms with Crippen LogP contribution >= 0.6 is 0 Å². The molecule has 6 rings (SSSR count). The van der Waals surface area contributed by atoms with Gasteiger partial charge >= 0.3 is 12.0 Å². The van der Waals surface area contributed by atoms with E-state index in [2.05, 4.69) is 15.3 Å². The van der Waals surface area contributed by atoms with E-state index in [0.717, 1.165) is 12.8 Å². The number of halogens is 2. The predicted octanol–water partition coefficient (Wildman–Crippen LogP) is 6.19. The quantitative estimate of drug-likeness (QED) is 0.416. The van der Waals surface area contributed by atoms with Crippen LogP contribution in [0.2, 0.25) is 0 Å². The first-order valence-electron chi connectivity index (χ1n) is 16.9. The van der Waals surface area contributed by atoms with Crippen molar-refractivity contribution in [3.63, 3.8) is 0 Å². The van der Waals surface area contributed by atoms with E-state index in [1.807, 2.05) is 27.7 Å². The molecule has 1 aromatic carbocycles. The Labute approximate surface area is 274 Å². The number of nitrogens with zero attached hydrogens (tertiary/aromatic N) is 3. The van der Waals surface area contributed by atoms with Crippen molar-refractivity contribution in [1.29, 1.82) is 0 Å². The molecule has 6 atom stereocenters. The summed E-state index contributed by atoms with van der Waals surface area (Å²) in [7, 11) is 1.51. The van der Waals surface area contributed by atoms with E-state index in [1.165, 1.54) is 18.9 Å². The Balaban J connectivity index is 1.44. The zero-order valence-corrected chi connectivity index (χ0v) is 28.1. The van der Waals surface area contributed by atoms with Gasteiger partial charge in [0.2, 0.25) is 11.8 Å². The fourth-order valence-corrected chi connectivity index (χ4v) is 7.58. The second-order valence-corrected chi connectivity index (χ2v) is 15.0. The molecule has 47 heavy (non-hydrogen) atoms. The van der Waals surface area contributed by atoms with E-state index in [0.29, 0.717) is 55.3 Å². The molecule has 1 spiro atoms. The van der Waals surface area contributed by atoms with Crippen LogP contribution in [0.5, 0.6) is 11.6 Å². The molecule has 10 nitrogen and oxygen atoms in total. The number of carbonyl (C=O) groups excluding carboxylic acids is 3. The molecule has 0 radical (unpaired) electrons. The first kappa shape index (κ1) is 33.3. The Morgan fingerprint density at radius 2 is 1.83 bits per heavy atom. The van der Waals surface area contributed by atoms with Crippen molar-refractivity contribution in [3.8, 4) is 11.6 Å². The summed E-state index contributed by atoms with van der Waals surface area (Å²) in [5.41, 5.74) is -1.87. The number of hydrogen-bond donors (Lipinski definition) is 1. The number of methoxy groups -OCH3 is 1. The van der Waals surface area contributed by atoms with E-state index in [-0.39, 0.29) is 30.2 Å². The third-order valence-electron chi connectivity index (χ3n) is 10.7. The molecule has 2 saturated carbocycles. The lowest BCUT2D eigenvalue weighted by Gasteiger charge is -2.35. The summed E-state index contributed by atoms with van der Waals surface area (Å²) >= 11 is 0. The summed E-state index contributed by atoms with van der Waals surface area (Å²) in [6, 6.07) is 3.00. The molecule has 2 aliphatic carbocycles. The number of nitrogens with one attached hydrogen (secondary N) is 1. The molecular weight excluding hydrogens is 610 g/mol. The van der Waals surface area contributed by atoms with Gasteiger partial charge in [0, 0.05) is 17.4 Å². The minimum Gasteiger partial charge on any atom is -0.497 e. The van der Waals surface area contributed by atoms with Crippen LogP contribution in [0.3, 0.4) is 0 Å². The van der Waals surface area contributed by atoms with Crippen LogP contribution in [0.4, 0.5) is 13.6 Å². The second-order valence-electron chi connectivity index (χ2n) is 15.0. The lowest BCUT2D eigenvalue weighted by atomic mass is 9.85. The van der Waals surface area contributed by atoms with E-state index in [4.69, 9.17) is 14.2 Å². The highest BCUT2D eigenvalue weighted by atomic mass is 19.3. The Kier molecular flexibility index (Phi) is 8.62. The molecule has 2 aromatic rings. The highest BCUT2D eigenvalue weighted by Crippen LogP contribution is 2.65. The predicted molar refractivity (Wildman–Crippen MR) is 169 cm³/mol. The summed E-state index contributed by atoms with van der Waals surface area (Å²) in [5.74, 6) is -4.20. The van der Waals surface area contributed by atoms with E-state index in [9.17, 15) is 14.4 Å². The molecule has 2 amide bonds. The van der Waals surface area contributed by atoms with Crippen molar-refractivity contribution in [3.05, 3.63) is 23.9 Å². The van der Waals surface area contributed by atoms with Crippen LogP contribution in [0.1, 0.15) is 91.7 Å². The summed E-state index contributed by atoms with van der Waals surface area (Å²) in [6.45, 7) is 8.72.